The minimum atomic E-state index is 0.102. The highest BCUT2D eigenvalue weighted by Gasteiger charge is 2.56. The van der Waals surface area contributed by atoms with Gasteiger partial charge in [0.15, 0.2) is 0 Å². The maximum absolute atomic E-state index is 12.0. The van der Waals surface area contributed by atoms with Gasteiger partial charge in [-0.05, 0) is 36.8 Å². The quantitative estimate of drug-likeness (QED) is 0.834. The molecule has 1 amide bonds. The molecular weight excluding hydrogens is 270 g/mol. The molecule has 2 aliphatic rings. The molecule has 1 heterocycles. The molecule has 1 aromatic rings. The summed E-state index contributed by atoms with van der Waals surface area (Å²) in [5.74, 6) is 7.82. The maximum atomic E-state index is 12.0. The molecule has 2 saturated carbocycles. The summed E-state index contributed by atoms with van der Waals surface area (Å²) in [6, 6.07) is 3.99. The van der Waals surface area contributed by atoms with Gasteiger partial charge in [-0.25, -0.2) is 0 Å². The van der Waals surface area contributed by atoms with Crippen molar-refractivity contribution in [2.45, 2.75) is 32.2 Å². The molecule has 0 spiro atoms. The number of amides is 1. The fourth-order valence-corrected chi connectivity index (χ4v) is 4.07. The minimum Gasteiger partial charge on any atom is -0.395 e. The van der Waals surface area contributed by atoms with Crippen molar-refractivity contribution in [3.63, 3.8) is 0 Å². The van der Waals surface area contributed by atoms with Gasteiger partial charge in [-0.1, -0.05) is 18.3 Å². The van der Waals surface area contributed by atoms with Crippen LogP contribution in [0, 0.1) is 29.6 Å². The summed E-state index contributed by atoms with van der Waals surface area (Å²) < 4.78 is 0. The van der Waals surface area contributed by atoms with Gasteiger partial charge in [-0.2, -0.15) is 0 Å². The van der Waals surface area contributed by atoms with Gasteiger partial charge in [-0.3, -0.25) is 4.79 Å². The average Bonchev–Trinajstić information content (AvgIpc) is 2.84. The lowest BCUT2D eigenvalue weighted by Gasteiger charge is -2.04. The van der Waals surface area contributed by atoms with E-state index in [-0.39, 0.29) is 12.5 Å². The normalized spacial score (nSPS) is 26.6. The van der Waals surface area contributed by atoms with Crippen molar-refractivity contribution in [1.82, 2.24) is 5.32 Å². The summed E-state index contributed by atoms with van der Waals surface area (Å²) in [5, 5.41) is 11.7. The fraction of sp³-hybridized carbons (Fsp3) is 0.562. The van der Waals surface area contributed by atoms with Crippen LogP contribution in [0.5, 0.6) is 0 Å². The largest absolute Gasteiger partial charge is 0.395 e. The van der Waals surface area contributed by atoms with Crippen molar-refractivity contribution in [1.29, 1.82) is 0 Å². The van der Waals surface area contributed by atoms with Crippen LogP contribution >= 0.6 is 11.3 Å². The second kappa shape index (κ2) is 5.99. The van der Waals surface area contributed by atoms with Crippen LogP contribution in [0.25, 0.3) is 0 Å². The van der Waals surface area contributed by atoms with Crippen LogP contribution in [-0.4, -0.2) is 17.6 Å². The summed E-state index contributed by atoms with van der Waals surface area (Å²) in [6.07, 6.45) is 4.30. The van der Waals surface area contributed by atoms with E-state index in [4.69, 9.17) is 5.11 Å². The molecule has 2 N–H and O–H groups in total. The van der Waals surface area contributed by atoms with E-state index in [1.807, 2.05) is 12.1 Å². The van der Waals surface area contributed by atoms with Gasteiger partial charge in [0.2, 0.25) is 5.91 Å². The third-order valence-corrected chi connectivity index (χ3v) is 5.26. The summed E-state index contributed by atoms with van der Waals surface area (Å²) in [5.41, 5.74) is 0. The molecule has 0 saturated heterocycles. The summed E-state index contributed by atoms with van der Waals surface area (Å²) in [4.78, 5) is 14.2. The number of hydrogen-bond acceptors (Lipinski definition) is 3. The predicted molar refractivity (Wildman–Crippen MR) is 79.1 cm³/mol. The first kappa shape index (κ1) is 13.7. The first-order valence-electron chi connectivity index (χ1n) is 7.26. The molecule has 0 radical (unpaired) electrons. The first-order valence-corrected chi connectivity index (χ1v) is 8.07. The van der Waals surface area contributed by atoms with E-state index < -0.39 is 0 Å². The number of fused-ring (bicyclic) bond motifs is 1. The number of aliphatic hydroxyl groups excluding tert-OH is 1. The van der Waals surface area contributed by atoms with Crippen LogP contribution in [0.4, 0.5) is 0 Å². The Kier molecular flexibility index (Phi) is 4.09. The standard InChI is InChI=1S/C16H19NO2S/c18-9-2-1-4-11-7-8-12(20-11)10-17-16(19)15-13-5-3-6-14(13)15/h7-8,13-15,18H,2-3,5-6,9-10H2,(H,17,19). The Balaban J connectivity index is 1.47. The molecule has 2 fully saturated rings. The second-order valence-electron chi connectivity index (χ2n) is 5.54. The Labute approximate surface area is 123 Å². The van der Waals surface area contributed by atoms with Gasteiger partial charge in [0.1, 0.15) is 0 Å². The van der Waals surface area contributed by atoms with Crippen LogP contribution in [0.15, 0.2) is 12.1 Å². The number of nitrogens with one attached hydrogen (secondary N) is 1. The van der Waals surface area contributed by atoms with Crippen molar-refractivity contribution in [2.24, 2.45) is 17.8 Å². The topological polar surface area (TPSA) is 49.3 Å². The van der Waals surface area contributed by atoms with Gasteiger partial charge in [-0.15, -0.1) is 11.3 Å². The Hall–Kier alpha value is -1.31. The lowest BCUT2D eigenvalue weighted by Crippen LogP contribution is -2.25. The monoisotopic (exact) mass is 289 g/mol. The highest BCUT2D eigenvalue weighted by Crippen LogP contribution is 2.57. The zero-order chi connectivity index (χ0) is 13.9. The van der Waals surface area contributed by atoms with E-state index in [1.165, 1.54) is 19.3 Å². The van der Waals surface area contributed by atoms with E-state index in [1.54, 1.807) is 11.3 Å². The highest BCUT2D eigenvalue weighted by molar-refractivity contribution is 7.12. The third-order valence-electron chi connectivity index (χ3n) is 4.26. The number of aliphatic hydroxyl groups is 1. The van der Waals surface area contributed by atoms with Crippen molar-refractivity contribution in [3.05, 3.63) is 21.9 Å². The summed E-state index contributed by atoms with van der Waals surface area (Å²) >= 11 is 1.61. The Morgan fingerprint density at radius 3 is 2.95 bits per heavy atom. The van der Waals surface area contributed by atoms with Crippen molar-refractivity contribution >= 4 is 17.2 Å². The second-order valence-corrected chi connectivity index (χ2v) is 6.71. The maximum Gasteiger partial charge on any atom is 0.223 e. The zero-order valence-electron chi connectivity index (χ0n) is 11.4. The molecule has 2 atom stereocenters. The highest BCUT2D eigenvalue weighted by atomic mass is 32.1. The lowest BCUT2D eigenvalue weighted by molar-refractivity contribution is -0.123. The van der Waals surface area contributed by atoms with E-state index >= 15 is 0 Å². The molecule has 4 heteroatoms. The zero-order valence-corrected chi connectivity index (χ0v) is 12.2. The van der Waals surface area contributed by atoms with Crippen LogP contribution in [-0.2, 0) is 11.3 Å². The van der Waals surface area contributed by atoms with E-state index in [0.29, 0.717) is 30.7 Å². The third kappa shape index (κ3) is 2.89. The molecule has 3 nitrogen and oxygen atoms in total. The van der Waals surface area contributed by atoms with Gasteiger partial charge in [0, 0.05) is 17.2 Å². The molecular formula is C16H19NO2S. The fourth-order valence-electron chi connectivity index (χ4n) is 3.25. The average molecular weight is 289 g/mol. The Bertz CT molecular complexity index is 544. The number of carbonyl (C=O) groups excluding carboxylic acids is 1. The number of hydrogen-bond donors (Lipinski definition) is 2. The minimum absolute atomic E-state index is 0.102. The molecule has 0 aliphatic heterocycles. The first-order chi connectivity index (χ1) is 9.79. The molecule has 0 aromatic carbocycles. The smallest absolute Gasteiger partial charge is 0.223 e. The Morgan fingerprint density at radius 1 is 1.40 bits per heavy atom. The Morgan fingerprint density at radius 2 is 2.20 bits per heavy atom. The van der Waals surface area contributed by atoms with Crippen LogP contribution < -0.4 is 5.32 Å². The van der Waals surface area contributed by atoms with Gasteiger partial charge >= 0.3 is 0 Å². The molecule has 20 heavy (non-hydrogen) atoms. The van der Waals surface area contributed by atoms with Crippen molar-refractivity contribution in [3.8, 4) is 11.8 Å². The molecule has 2 unspecified atom stereocenters. The number of thiophene rings is 1. The van der Waals surface area contributed by atoms with Crippen LogP contribution in [0.1, 0.15) is 35.4 Å². The molecule has 0 bridgehead atoms. The van der Waals surface area contributed by atoms with Gasteiger partial charge < -0.3 is 10.4 Å². The van der Waals surface area contributed by atoms with Crippen LogP contribution in [0.2, 0.25) is 0 Å². The van der Waals surface area contributed by atoms with E-state index in [9.17, 15) is 4.79 Å². The molecule has 1 aromatic heterocycles. The molecule has 2 aliphatic carbocycles. The van der Waals surface area contributed by atoms with Crippen LogP contribution in [0.3, 0.4) is 0 Å². The number of rotatable bonds is 4. The van der Waals surface area contributed by atoms with E-state index in [2.05, 4.69) is 17.2 Å². The molecule has 3 rings (SSSR count). The van der Waals surface area contributed by atoms with E-state index in [0.717, 1.165) is 9.75 Å². The molecule has 106 valence electrons. The summed E-state index contributed by atoms with van der Waals surface area (Å²) in [6.45, 7) is 0.714. The van der Waals surface area contributed by atoms with Gasteiger partial charge in [0.25, 0.3) is 0 Å². The number of carbonyl (C=O) groups is 1. The lowest BCUT2D eigenvalue weighted by atomic mass is 10.1. The van der Waals surface area contributed by atoms with Gasteiger partial charge in [0.05, 0.1) is 18.0 Å². The predicted octanol–water partition coefficient (Wildman–Crippen LogP) is 2.14. The SMILES string of the molecule is O=C(NCc1ccc(C#CCCO)s1)C1C2CCCC21. The van der Waals surface area contributed by atoms with Crippen molar-refractivity contribution < 1.29 is 9.90 Å². The van der Waals surface area contributed by atoms with Crippen molar-refractivity contribution in [2.75, 3.05) is 6.61 Å². The summed E-state index contributed by atoms with van der Waals surface area (Å²) in [7, 11) is 0.